The predicted octanol–water partition coefficient (Wildman–Crippen LogP) is 3.03. The molecule has 0 amide bonds. The van der Waals surface area contributed by atoms with Crippen molar-refractivity contribution in [1.29, 1.82) is 0 Å². The Hall–Kier alpha value is -1.34. The zero-order valence-electron chi connectivity index (χ0n) is 10.7. The number of hydrogen-bond acceptors (Lipinski definition) is 4. The van der Waals surface area contributed by atoms with Gasteiger partial charge >= 0.3 is 0 Å². The second-order valence-corrected chi connectivity index (χ2v) is 5.93. The van der Waals surface area contributed by atoms with Gasteiger partial charge < -0.3 is 9.84 Å². The van der Waals surface area contributed by atoms with Crippen LogP contribution in [-0.2, 0) is 5.41 Å². The molecule has 106 valence electrons. The van der Waals surface area contributed by atoms with Crippen molar-refractivity contribution in [3.63, 3.8) is 0 Å². The highest BCUT2D eigenvalue weighted by Gasteiger charge is 2.36. The Bertz CT molecular complexity index is 653. The molecular formula is C13H12BrF2N3O. The summed E-state index contributed by atoms with van der Waals surface area (Å²) in [6.07, 6.45) is 0.896. The fraction of sp³-hybridized carbons (Fsp3) is 0.385. The first-order valence-electron chi connectivity index (χ1n) is 6.20. The number of halogens is 3. The van der Waals surface area contributed by atoms with Crippen molar-refractivity contribution in [2.45, 2.75) is 18.8 Å². The van der Waals surface area contributed by atoms with Gasteiger partial charge in [-0.25, -0.2) is 8.78 Å². The summed E-state index contributed by atoms with van der Waals surface area (Å²) in [6.45, 7) is 3.68. The van der Waals surface area contributed by atoms with Crippen LogP contribution in [0.5, 0.6) is 0 Å². The number of nitrogens with zero attached hydrogens (tertiary/aromatic N) is 2. The van der Waals surface area contributed by atoms with Crippen molar-refractivity contribution < 1.29 is 13.3 Å². The molecule has 1 aromatic heterocycles. The fourth-order valence-electron chi connectivity index (χ4n) is 2.28. The van der Waals surface area contributed by atoms with Crippen LogP contribution in [0.4, 0.5) is 8.78 Å². The van der Waals surface area contributed by atoms with E-state index in [0.717, 1.165) is 25.6 Å². The van der Waals surface area contributed by atoms with E-state index in [-0.39, 0.29) is 15.7 Å². The van der Waals surface area contributed by atoms with E-state index in [1.54, 1.807) is 0 Å². The molecule has 20 heavy (non-hydrogen) atoms. The highest BCUT2D eigenvalue weighted by molar-refractivity contribution is 9.10. The molecule has 1 unspecified atom stereocenters. The maximum atomic E-state index is 13.5. The van der Waals surface area contributed by atoms with Crippen LogP contribution in [0.25, 0.3) is 11.4 Å². The van der Waals surface area contributed by atoms with Crippen LogP contribution < -0.4 is 5.32 Å². The van der Waals surface area contributed by atoms with E-state index in [4.69, 9.17) is 4.52 Å². The van der Waals surface area contributed by atoms with Crippen LogP contribution in [0, 0.1) is 11.6 Å². The third kappa shape index (κ3) is 2.14. The number of hydrogen-bond donors (Lipinski definition) is 1. The van der Waals surface area contributed by atoms with Gasteiger partial charge in [0.1, 0.15) is 0 Å². The van der Waals surface area contributed by atoms with Gasteiger partial charge in [-0.3, -0.25) is 0 Å². The van der Waals surface area contributed by atoms with E-state index >= 15 is 0 Å². The maximum Gasteiger partial charge on any atom is 0.234 e. The molecule has 1 aromatic carbocycles. The number of nitrogens with one attached hydrogen (secondary N) is 1. The summed E-state index contributed by atoms with van der Waals surface area (Å²) in [5.41, 5.74) is 0.157. The van der Waals surface area contributed by atoms with Gasteiger partial charge in [0.15, 0.2) is 11.6 Å². The fourth-order valence-corrected chi connectivity index (χ4v) is 2.77. The molecule has 1 atom stereocenters. The van der Waals surface area contributed by atoms with Crippen LogP contribution in [0.1, 0.15) is 19.2 Å². The molecule has 3 rings (SSSR count). The van der Waals surface area contributed by atoms with Crippen LogP contribution in [0.2, 0.25) is 0 Å². The van der Waals surface area contributed by atoms with Crippen molar-refractivity contribution in [3.05, 3.63) is 34.1 Å². The Balaban J connectivity index is 2.00. The molecule has 0 bridgehead atoms. The Labute approximate surface area is 122 Å². The minimum absolute atomic E-state index is 0.000417. The van der Waals surface area contributed by atoms with E-state index in [0.29, 0.717) is 11.5 Å². The molecule has 0 saturated carbocycles. The minimum atomic E-state index is -0.956. The molecule has 1 saturated heterocycles. The minimum Gasteiger partial charge on any atom is -0.338 e. The molecule has 1 aliphatic rings. The average Bonchev–Trinajstić information content (AvgIpc) is 3.06. The second-order valence-electron chi connectivity index (χ2n) is 5.13. The number of aromatic nitrogens is 2. The highest BCUT2D eigenvalue weighted by atomic mass is 79.9. The van der Waals surface area contributed by atoms with E-state index in [1.807, 2.05) is 6.92 Å². The van der Waals surface area contributed by atoms with E-state index in [9.17, 15) is 8.78 Å². The van der Waals surface area contributed by atoms with Gasteiger partial charge in [-0.1, -0.05) is 5.16 Å². The summed E-state index contributed by atoms with van der Waals surface area (Å²) in [4.78, 5) is 4.33. The van der Waals surface area contributed by atoms with Gasteiger partial charge in [-0.15, -0.1) is 0 Å². The van der Waals surface area contributed by atoms with E-state index in [1.165, 1.54) is 6.07 Å². The highest BCUT2D eigenvalue weighted by Crippen LogP contribution is 2.33. The standard InChI is InChI=1S/C13H12BrF2N3O/c1-13(4-5-17-6-13)12-18-11(19-20-12)7-2-3-8(15)10(16)9(7)14/h2-3,17H,4-6H2,1H3. The molecule has 1 aliphatic heterocycles. The quantitative estimate of drug-likeness (QED) is 0.851. The largest absolute Gasteiger partial charge is 0.338 e. The molecule has 7 heteroatoms. The zero-order valence-corrected chi connectivity index (χ0v) is 12.3. The van der Waals surface area contributed by atoms with Crippen LogP contribution in [0.15, 0.2) is 21.1 Å². The Morgan fingerprint density at radius 2 is 2.20 bits per heavy atom. The lowest BCUT2D eigenvalue weighted by atomic mass is 9.90. The molecule has 0 radical (unpaired) electrons. The van der Waals surface area contributed by atoms with Gasteiger partial charge in [0.2, 0.25) is 11.7 Å². The third-order valence-electron chi connectivity index (χ3n) is 3.59. The van der Waals surface area contributed by atoms with Gasteiger partial charge in [-0.05, 0) is 48.0 Å². The van der Waals surface area contributed by atoms with Crippen LogP contribution in [-0.4, -0.2) is 23.2 Å². The topological polar surface area (TPSA) is 51.0 Å². The molecule has 4 nitrogen and oxygen atoms in total. The molecule has 0 spiro atoms. The second kappa shape index (κ2) is 4.89. The van der Waals surface area contributed by atoms with Gasteiger partial charge in [0.05, 0.1) is 9.89 Å². The van der Waals surface area contributed by atoms with Crippen molar-refractivity contribution >= 4 is 15.9 Å². The van der Waals surface area contributed by atoms with Crippen LogP contribution in [0.3, 0.4) is 0 Å². The lowest BCUT2D eigenvalue weighted by Gasteiger charge is -2.15. The summed E-state index contributed by atoms with van der Waals surface area (Å²) in [5, 5.41) is 7.12. The smallest absolute Gasteiger partial charge is 0.234 e. The Kier molecular flexibility index (Phi) is 3.33. The summed E-state index contributed by atoms with van der Waals surface area (Å²) in [6, 6.07) is 2.47. The van der Waals surface area contributed by atoms with E-state index in [2.05, 4.69) is 31.4 Å². The third-order valence-corrected chi connectivity index (χ3v) is 4.36. The van der Waals surface area contributed by atoms with Gasteiger partial charge in [0, 0.05) is 12.1 Å². The lowest BCUT2D eigenvalue weighted by molar-refractivity contribution is 0.306. The van der Waals surface area contributed by atoms with Crippen molar-refractivity contribution in [2.24, 2.45) is 0 Å². The maximum absolute atomic E-state index is 13.5. The first-order valence-corrected chi connectivity index (χ1v) is 6.99. The molecule has 2 heterocycles. The predicted molar refractivity (Wildman–Crippen MR) is 72.2 cm³/mol. The van der Waals surface area contributed by atoms with E-state index < -0.39 is 11.6 Å². The van der Waals surface area contributed by atoms with Crippen LogP contribution >= 0.6 is 15.9 Å². The molecule has 0 aliphatic carbocycles. The molecule has 1 fully saturated rings. The molecule has 1 N–H and O–H groups in total. The number of benzene rings is 1. The SMILES string of the molecule is CC1(c2nc(-c3ccc(F)c(F)c3Br)no2)CCNC1. The Morgan fingerprint density at radius 3 is 2.90 bits per heavy atom. The van der Waals surface area contributed by atoms with Gasteiger partial charge in [-0.2, -0.15) is 4.98 Å². The summed E-state index contributed by atoms with van der Waals surface area (Å²) >= 11 is 3.02. The van der Waals surface area contributed by atoms with Crippen molar-refractivity contribution in [1.82, 2.24) is 15.5 Å². The zero-order chi connectivity index (χ0) is 14.3. The van der Waals surface area contributed by atoms with Gasteiger partial charge in [0.25, 0.3) is 0 Å². The summed E-state index contributed by atoms with van der Waals surface area (Å²) in [5.74, 6) is -1.12. The summed E-state index contributed by atoms with van der Waals surface area (Å²) < 4.78 is 31.9. The monoisotopic (exact) mass is 343 g/mol. The van der Waals surface area contributed by atoms with Crippen molar-refractivity contribution in [2.75, 3.05) is 13.1 Å². The normalized spacial score (nSPS) is 22.4. The lowest BCUT2D eigenvalue weighted by Crippen LogP contribution is -2.25. The first kappa shape index (κ1) is 13.6. The summed E-state index contributed by atoms with van der Waals surface area (Å²) in [7, 11) is 0. The first-order chi connectivity index (χ1) is 9.51. The average molecular weight is 344 g/mol. The Morgan fingerprint density at radius 1 is 1.40 bits per heavy atom. The number of rotatable bonds is 2. The van der Waals surface area contributed by atoms with Crippen molar-refractivity contribution in [3.8, 4) is 11.4 Å². The molecule has 2 aromatic rings. The molecular weight excluding hydrogens is 332 g/mol.